The summed E-state index contributed by atoms with van der Waals surface area (Å²) in [5.74, 6) is -0.632. The number of nitrogens with one attached hydrogen (secondary N) is 2. The number of rotatable bonds is 6. The van der Waals surface area contributed by atoms with E-state index in [1.807, 2.05) is 0 Å². The smallest absolute Gasteiger partial charge is 0.270 e. The van der Waals surface area contributed by atoms with E-state index in [1.54, 1.807) is 29.6 Å². The van der Waals surface area contributed by atoms with Crippen LogP contribution in [0.15, 0.2) is 47.8 Å². The van der Waals surface area contributed by atoms with Crippen LogP contribution in [-0.2, 0) is 10.0 Å². The molecule has 1 amide bonds. The highest BCUT2D eigenvalue weighted by molar-refractivity contribution is 7.92. The molecule has 0 unspecified atom stereocenters. The van der Waals surface area contributed by atoms with Gasteiger partial charge in [0, 0.05) is 28.8 Å². The fourth-order valence-corrected chi connectivity index (χ4v) is 3.86. The minimum atomic E-state index is -3.42. The minimum Gasteiger partial charge on any atom is -0.298 e. The molecule has 3 rings (SSSR count). The average Bonchev–Trinajstić information content (AvgIpc) is 3.09. The van der Waals surface area contributed by atoms with Gasteiger partial charge in [0.15, 0.2) is 5.13 Å². The number of anilines is 2. The van der Waals surface area contributed by atoms with E-state index in [2.05, 4.69) is 15.0 Å². The summed E-state index contributed by atoms with van der Waals surface area (Å²) in [6, 6.07) is 10.2. The molecule has 150 valence electrons. The summed E-state index contributed by atoms with van der Waals surface area (Å²) >= 11 is 7.12. The summed E-state index contributed by atoms with van der Waals surface area (Å²) in [4.78, 5) is 27.0. The zero-order valence-electron chi connectivity index (χ0n) is 14.7. The number of nitrogens with zero attached hydrogens (tertiary/aromatic N) is 2. The number of sulfonamides is 1. The fourth-order valence-electron chi connectivity index (χ4n) is 2.39. The number of hydrogen-bond donors (Lipinski definition) is 2. The largest absolute Gasteiger partial charge is 0.298 e. The second kappa shape index (κ2) is 8.15. The molecule has 0 atom stereocenters. The maximum atomic E-state index is 12.4. The first kappa shape index (κ1) is 20.7. The topological polar surface area (TPSA) is 131 Å². The van der Waals surface area contributed by atoms with E-state index in [1.165, 1.54) is 12.1 Å². The number of nitro groups is 1. The third-order valence-corrected chi connectivity index (χ3v) is 5.29. The van der Waals surface area contributed by atoms with Crippen molar-refractivity contribution in [3.05, 3.63) is 68.5 Å². The Labute approximate surface area is 174 Å². The molecule has 9 nitrogen and oxygen atoms in total. The molecule has 1 aromatic heterocycles. The molecule has 0 radical (unpaired) electrons. The van der Waals surface area contributed by atoms with Gasteiger partial charge in [0.25, 0.3) is 11.6 Å². The molecule has 0 saturated heterocycles. The van der Waals surface area contributed by atoms with Crippen molar-refractivity contribution < 1.29 is 18.1 Å². The van der Waals surface area contributed by atoms with Crippen LogP contribution in [0, 0.1) is 10.1 Å². The van der Waals surface area contributed by atoms with Gasteiger partial charge < -0.3 is 0 Å². The highest BCUT2D eigenvalue weighted by Crippen LogP contribution is 2.28. The summed E-state index contributed by atoms with van der Waals surface area (Å²) < 4.78 is 25.1. The third-order valence-electron chi connectivity index (χ3n) is 3.59. The number of aromatic nitrogens is 1. The van der Waals surface area contributed by atoms with Crippen molar-refractivity contribution in [2.24, 2.45) is 0 Å². The van der Waals surface area contributed by atoms with Gasteiger partial charge in [-0.3, -0.25) is 24.9 Å². The fraction of sp³-hybridized carbons (Fsp3) is 0.0588. The monoisotopic (exact) mass is 452 g/mol. The van der Waals surface area contributed by atoms with Crippen molar-refractivity contribution in [3.8, 4) is 11.3 Å². The van der Waals surface area contributed by atoms with Crippen LogP contribution >= 0.6 is 22.9 Å². The van der Waals surface area contributed by atoms with Gasteiger partial charge in [0.05, 0.1) is 27.5 Å². The molecule has 2 N–H and O–H groups in total. The van der Waals surface area contributed by atoms with E-state index in [9.17, 15) is 23.3 Å². The first-order valence-corrected chi connectivity index (χ1v) is 11.1. The second-order valence-corrected chi connectivity index (χ2v) is 8.88. The molecule has 0 aliphatic carbocycles. The van der Waals surface area contributed by atoms with Gasteiger partial charge in [-0.2, -0.15) is 0 Å². The number of hydrogen-bond acceptors (Lipinski definition) is 7. The van der Waals surface area contributed by atoms with Gasteiger partial charge >= 0.3 is 0 Å². The molecule has 12 heteroatoms. The van der Waals surface area contributed by atoms with E-state index >= 15 is 0 Å². The Morgan fingerprint density at radius 3 is 2.69 bits per heavy atom. The number of thiazole rings is 1. The lowest BCUT2D eigenvalue weighted by molar-refractivity contribution is -0.384. The van der Waals surface area contributed by atoms with Crippen LogP contribution in [0.2, 0.25) is 5.02 Å². The molecule has 0 spiro atoms. The Morgan fingerprint density at radius 2 is 2.00 bits per heavy atom. The normalized spacial score (nSPS) is 11.1. The molecule has 0 fully saturated rings. The Balaban J connectivity index is 1.81. The SMILES string of the molecule is CS(=O)(=O)Nc1cccc(-c2csc(NC(=O)c3cc([N+](=O)[O-])ccc3Cl)n2)c1. The van der Waals surface area contributed by atoms with Crippen LogP contribution in [0.3, 0.4) is 0 Å². The predicted molar refractivity (Wildman–Crippen MR) is 112 cm³/mol. The van der Waals surface area contributed by atoms with Crippen LogP contribution in [0.5, 0.6) is 0 Å². The van der Waals surface area contributed by atoms with Crippen LogP contribution in [0.1, 0.15) is 10.4 Å². The van der Waals surface area contributed by atoms with Gasteiger partial charge in [-0.25, -0.2) is 13.4 Å². The maximum Gasteiger partial charge on any atom is 0.270 e. The van der Waals surface area contributed by atoms with Gasteiger partial charge in [-0.1, -0.05) is 23.7 Å². The average molecular weight is 453 g/mol. The van der Waals surface area contributed by atoms with Gasteiger partial charge in [0.2, 0.25) is 10.0 Å². The summed E-state index contributed by atoms with van der Waals surface area (Å²) in [6.07, 6.45) is 1.05. The lowest BCUT2D eigenvalue weighted by atomic mass is 10.1. The molecule has 3 aromatic rings. The molecule has 29 heavy (non-hydrogen) atoms. The lowest BCUT2D eigenvalue weighted by Crippen LogP contribution is -2.12. The van der Waals surface area contributed by atoms with Crippen LogP contribution in [-0.4, -0.2) is 30.5 Å². The molecule has 1 heterocycles. The number of benzene rings is 2. The maximum absolute atomic E-state index is 12.4. The van der Waals surface area contributed by atoms with Crippen LogP contribution in [0.25, 0.3) is 11.3 Å². The highest BCUT2D eigenvalue weighted by atomic mass is 35.5. The molecular formula is C17H13ClN4O5S2. The van der Waals surface area contributed by atoms with E-state index in [-0.39, 0.29) is 21.4 Å². The molecule has 0 aliphatic heterocycles. The van der Waals surface area contributed by atoms with Crippen molar-refractivity contribution in [1.29, 1.82) is 0 Å². The van der Waals surface area contributed by atoms with Gasteiger partial charge in [0.1, 0.15) is 0 Å². The molecule has 0 saturated carbocycles. The number of amides is 1. The Morgan fingerprint density at radius 1 is 1.24 bits per heavy atom. The van der Waals surface area contributed by atoms with Gasteiger partial charge in [-0.15, -0.1) is 11.3 Å². The lowest BCUT2D eigenvalue weighted by Gasteiger charge is -2.05. The van der Waals surface area contributed by atoms with E-state index in [4.69, 9.17) is 11.6 Å². The molecule has 0 aliphatic rings. The first-order chi connectivity index (χ1) is 13.6. The quantitative estimate of drug-likeness (QED) is 0.429. The number of nitro benzene ring substituents is 1. The second-order valence-electron chi connectivity index (χ2n) is 5.87. The summed E-state index contributed by atoms with van der Waals surface area (Å²) in [5, 5.41) is 15.5. The van der Waals surface area contributed by atoms with Crippen LogP contribution < -0.4 is 10.0 Å². The van der Waals surface area contributed by atoms with Crippen molar-refractivity contribution >= 4 is 55.4 Å². The van der Waals surface area contributed by atoms with Gasteiger partial charge in [-0.05, 0) is 18.2 Å². The van der Waals surface area contributed by atoms with E-state index < -0.39 is 20.9 Å². The Bertz CT molecular complexity index is 1210. The number of carbonyl (C=O) groups is 1. The van der Waals surface area contributed by atoms with Crippen LogP contribution in [0.4, 0.5) is 16.5 Å². The van der Waals surface area contributed by atoms with Crippen molar-refractivity contribution in [2.75, 3.05) is 16.3 Å². The van der Waals surface area contributed by atoms with Crippen molar-refractivity contribution in [3.63, 3.8) is 0 Å². The summed E-state index contributed by atoms with van der Waals surface area (Å²) in [6.45, 7) is 0. The highest BCUT2D eigenvalue weighted by Gasteiger charge is 2.17. The zero-order valence-corrected chi connectivity index (χ0v) is 17.1. The molecule has 2 aromatic carbocycles. The molecular weight excluding hydrogens is 440 g/mol. The number of non-ortho nitro benzene ring substituents is 1. The minimum absolute atomic E-state index is 0.0445. The number of carbonyl (C=O) groups excluding carboxylic acids is 1. The predicted octanol–water partition coefficient (Wildman–Crippen LogP) is 4.00. The van der Waals surface area contributed by atoms with E-state index in [0.717, 1.165) is 23.7 Å². The van der Waals surface area contributed by atoms with E-state index in [0.29, 0.717) is 16.9 Å². The van der Waals surface area contributed by atoms with Crippen molar-refractivity contribution in [2.45, 2.75) is 0 Å². The summed E-state index contributed by atoms with van der Waals surface area (Å²) in [5.41, 5.74) is 1.25. The Hall–Kier alpha value is -3.02. The third kappa shape index (κ3) is 5.28. The standard InChI is InChI=1S/C17H13ClN4O5S2/c1-29(26,27)21-11-4-2-3-10(7-11)15-9-28-17(19-15)20-16(23)13-8-12(22(24)25)5-6-14(13)18/h2-9,21H,1H3,(H,19,20,23). The first-order valence-electron chi connectivity index (χ1n) is 7.91. The number of halogens is 1. The summed E-state index contributed by atoms with van der Waals surface area (Å²) in [7, 11) is -3.42. The zero-order chi connectivity index (χ0) is 21.2. The van der Waals surface area contributed by atoms with Crippen molar-refractivity contribution in [1.82, 2.24) is 4.98 Å². The molecule has 0 bridgehead atoms. The Kier molecular flexibility index (Phi) is 5.82.